The maximum Gasteiger partial charge on any atom is 0.183 e. The van der Waals surface area contributed by atoms with E-state index in [2.05, 4.69) is 5.32 Å². The quantitative estimate of drug-likeness (QED) is 0.894. The van der Waals surface area contributed by atoms with E-state index in [-0.39, 0.29) is 0 Å². The molecule has 1 aromatic rings. The highest BCUT2D eigenvalue weighted by molar-refractivity contribution is 6.34. The second-order valence-corrected chi connectivity index (χ2v) is 4.90. The Hall–Kier alpha value is -1.13. The lowest BCUT2D eigenvalue weighted by atomic mass is 9.96. The van der Waals surface area contributed by atoms with Gasteiger partial charge in [0.25, 0.3) is 0 Å². The highest BCUT2D eigenvalue weighted by Gasteiger charge is 2.27. The molecule has 1 aromatic carbocycles. The van der Waals surface area contributed by atoms with Gasteiger partial charge in [-0.05, 0) is 19.0 Å². The molecule has 0 spiro atoms. The van der Waals surface area contributed by atoms with E-state index in [1.807, 2.05) is 6.07 Å². The van der Waals surface area contributed by atoms with Gasteiger partial charge < -0.3 is 19.5 Å². The van der Waals surface area contributed by atoms with E-state index in [0.717, 1.165) is 36.6 Å². The summed E-state index contributed by atoms with van der Waals surface area (Å²) in [6.07, 6.45) is 1.09. The van der Waals surface area contributed by atoms with Gasteiger partial charge in [0.2, 0.25) is 0 Å². The monoisotopic (exact) mass is 269 g/mol. The van der Waals surface area contributed by atoms with Crippen LogP contribution >= 0.6 is 11.6 Å². The summed E-state index contributed by atoms with van der Waals surface area (Å²) in [6.45, 7) is 3.07. The fourth-order valence-corrected chi connectivity index (χ4v) is 2.91. The summed E-state index contributed by atoms with van der Waals surface area (Å²) in [5.74, 6) is 2.48. The summed E-state index contributed by atoms with van der Waals surface area (Å²) in [4.78, 5) is 0. The summed E-state index contributed by atoms with van der Waals surface area (Å²) in [5, 5.41) is 3.88. The van der Waals surface area contributed by atoms with Crippen molar-refractivity contribution in [3.63, 3.8) is 0 Å². The van der Waals surface area contributed by atoms with Gasteiger partial charge in [0, 0.05) is 18.0 Å². The summed E-state index contributed by atoms with van der Waals surface area (Å²) < 4.78 is 16.6. The Bertz CT molecular complexity index is 458. The molecular weight excluding hydrogens is 254 g/mol. The lowest BCUT2D eigenvalue weighted by Gasteiger charge is -2.24. The zero-order valence-corrected chi connectivity index (χ0v) is 11.0. The number of rotatable bonds is 2. The minimum Gasteiger partial charge on any atom is -0.495 e. The fourth-order valence-electron chi connectivity index (χ4n) is 2.58. The van der Waals surface area contributed by atoms with Gasteiger partial charge in [-0.3, -0.25) is 0 Å². The molecule has 0 radical (unpaired) electrons. The maximum absolute atomic E-state index is 6.36. The summed E-state index contributed by atoms with van der Waals surface area (Å²) in [7, 11) is 1.64. The Kier molecular flexibility index (Phi) is 3.22. The summed E-state index contributed by atoms with van der Waals surface area (Å²) in [5.41, 5.74) is 1.11. The lowest BCUT2D eigenvalue weighted by molar-refractivity contribution is 0.170. The fraction of sp³-hybridized carbons (Fsp3) is 0.538. The lowest BCUT2D eigenvalue weighted by Crippen LogP contribution is -2.17. The van der Waals surface area contributed by atoms with Gasteiger partial charge in [0.05, 0.1) is 7.11 Å². The molecule has 98 valence electrons. The van der Waals surface area contributed by atoms with E-state index in [9.17, 15) is 0 Å². The van der Waals surface area contributed by atoms with Crippen molar-refractivity contribution in [2.24, 2.45) is 0 Å². The van der Waals surface area contributed by atoms with Crippen molar-refractivity contribution in [3.05, 3.63) is 16.7 Å². The van der Waals surface area contributed by atoms with E-state index < -0.39 is 0 Å². The van der Waals surface area contributed by atoms with Crippen LogP contribution in [-0.4, -0.2) is 33.4 Å². The zero-order valence-electron chi connectivity index (χ0n) is 10.3. The maximum atomic E-state index is 6.36. The van der Waals surface area contributed by atoms with E-state index in [0.29, 0.717) is 29.9 Å². The number of hydrogen-bond donors (Lipinski definition) is 1. The molecule has 3 rings (SSSR count). The van der Waals surface area contributed by atoms with Crippen LogP contribution in [-0.2, 0) is 0 Å². The third kappa shape index (κ3) is 1.89. The Balaban J connectivity index is 2.09. The van der Waals surface area contributed by atoms with Crippen LogP contribution in [0, 0.1) is 0 Å². The molecule has 1 unspecified atom stereocenters. The van der Waals surface area contributed by atoms with Crippen molar-refractivity contribution < 1.29 is 14.2 Å². The van der Waals surface area contributed by atoms with Crippen LogP contribution in [0.5, 0.6) is 17.2 Å². The first-order valence-corrected chi connectivity index (χ1v) is 6.55. The number of ether oxygens (including phenoxy) is 3. The third-order valence-corrected chi connectivity index (χ3v) is 3.81. The van der Waals surface area contributed by atoms with Crippen molar-refractivity contribution in [1.82, 2.24) is 5.32 Å². The predicted molar refractivity (Wildman–Crippen MR) is 69.2 cm³/mol. The first-order chi connectivity index (χ1) is 8.81. The Morgan fingerprint density at radius 2 is 2.22 bits per heavy atom. The molecule has 18 heavy (non-hydrogen) atoms. The van der Waals surface area contributed by atoms with Crippen molar-refractivity contribution in [1.29, 1.82) is 0 Å². The molecule has 1 N–H and O–H groups in total. The van der Waals surface area contributed by atoms with Crippen molar-refractivity contribution in [3.8, 4) is 17.2 Å². The minimum atomic E-state index is 0.424. The average molecular weight is 270 g/mol. The number of nitrogens with one attached hydrogen (secondary N) is 1. The standard InChI is InChI=1S/C13H16ClNO3/c1-16-12-9(8-2-3-15-7-8)6-10-13(11(12)14)18-5-4-17-10/h6,8,15H,2-5,7H2,1H3. The number of hydrogen-bond acceptors (Lipinski definition) is 4. The highest BCUT2D eigenvalue weighted by Crippen LogP contribution is 2.48. The van der Waals surface area contributed by atoms with Gasteiger partial charge in [-0.15, -0.1) is 0 Å². The van der Waals surface area contributed by atoms with Crippen LogP contribution in [0.2, 0.25) is 5.02 Å². The largest absolute Gasteiger partial charge is 0.495 e. The second-order valence-electron chi connectivity index (χ2n) is 4.53. The van der Waals surface area contributed by atoms with Gasteiger partial charge in [-0.25, -0.2) is 0 Å². The van der Waals surface area contributed by atoms with Crippen LogP contribution in [0.3, 0.4) is 0 Å². The van der Waals surface area contributed by atoms with Gasteiger partial charge in [0.15, 0.2) is 11.5 Å². The molecule has 2 aliphatic rings. The van der Waals surface area contributed by atoms with Crippen LogP contribution in [0.4, 0.5) is 0 Å². The van der Waals surface area contributed by atoms with Crippen molar-refractivity contribution in [2.45, 2.75) is 12.3 Å². The molecule has 0 aromatic heterocycles. The molecule has 0 aliphatic carbocycles. The first kappa shape index (κ1) is 11.9. The number of methoxy groups -OCH3 is 1. The molecule has 5 heteroatoms. The molecule has 2 heterocycles. The van der Waals surface area contributed by atoms with Crippen LogP contribution in [0.1, 0.15) is 17.9 Å². The Morgan fingerprint density at radius 1 is 1.39 bits per heavy atom. The molecule has 0 amide bonds. The van der Waals surface area contributed by atoms with Gasteiger partial charge in [-0.1, -0.05) is 11.6 Å². The molecule has 0 saturated carbocycles. The smallest absolute Gasteiger partial charge is 0.183 e. The third-order valence-electron chi connectivity index (χ3n) is 3.46. The normalized spacial score (nSPS) is 22.0. The molecule has 4 nitrogen and oxygen atoms in total. The van der Waals surface area contributed by atoms with Crippen molar-refractivity contribution >= 4 is 11.6 Å². The topological polar surface area (TPSA) is 39.7 Å². The molecule has 1 saturated heterocycles. The Morgan fingerprint density at radius 3 is 2.94 bits per heavy atom. The molecule has 0 bridgehead atoms. The van der Waals surface area contributed by atoms with Gasteiger partial charge >= 0.3 is 0 Å². The minimum absolute atomic E-state index is 0.424. The number of halogens is 1. The SMILES string of the molecule is COc1c(C2CCNC2)cc2c(c1Cl)OCCO2. The van der Waals surface area contributed by atoms with Crippen LogP contribution in [0.15, 0.2) is 6.07 Å². The van der Waals surface area contributed by atoms with Crippen LogP contribution in [0.25, 0.3) is 0 Å². The van der Waals surface area contributed by atoms with Gasteiger partial charge in [0.1, 0.15) is 24.0 Å². The van der Waals surface area contributed by atoms with Gasteiger partial charge in [-0.2, -0.15) is 0 Å². The zero-order chi connectivity index (χ0) is 12.5. The Labute approximate surface area is 111 Å². The molecule has 1 fully saturated rings. The van der Waals surface area contributed by atoms with Crippen molar-refractivity contribution in [2.75, 3.05) is 33.4 Å². The average Bonchev–Trinajstić information content (AvgIpc) is 2.92. The number of benzene rings is 1. The predicted octanol–water partition coefficient (Wildman–Crippen LogP) is 2.20. The number of fused-ring (bicyclic) bond motifs is 1. The molecule has 1 atom stereocenters. The van der Waals surface area contributed by atoms with E-state index >= 15 is 0 Å². The highest BCUT2D eigenvalue weighted by atomic mass is 35.5. The van der Waals surface area contributed by atoms with E-state index in [1.165, 1.54) is 0 Å². The van der Waals surface area contributed by atoms with E-state index in [1.54, 1.807) is 7.11 Å². The summed E-state index contributed by atoms with van der Waals surface area (Å²) >= 11 is 6.36. The first-order valence-electron chi connectivity index (χ1n) is 6.18. The second kappa shape index (κ2) is 4.86. The van der Waals surface area contributed by atoms with E-state index in [4.69, 9.17) is 25.8 Å². The molecule has 2 aliphatic heterocycles. The summed E-state index contributed by atoms with van der Waals surface area (Å²) in [6, 6.07) is 2.01. The molecular formula is C13H16ClNO3. The van der Waals surface area contributed by atoms with Crippen LogP contribution < -0.4 is 19.5 Å².